The first-order valence-corrected chi connectivity index (χ1v) is 7.94. The van der Waals surface area contributed by atoms with Gasteiger partial charge in [-0.05, 0) is 36.2 Å². The van der Waals surface area contributed by atoms with Crippen molar-refractivity contribution in [1.82, 2.24) is 9.55 Å². The van der Waals surface area contributed by atoms with Gasteiger partial charge in [-0.15, -0.1) is 0 Å². The van der Waals surface area contributed by atoms with Gasteiger partial charge in [0.1, 0.15) is 0 Å². The maximum absolute atomic E-state index is 12.8. The second-order valence-electron chi connectivity index (χ2n) is 5.90. The van der Waals surface area contributed by atoms with Gasteiger partial charge >= 0.3 is 0 Å². The first-order chi connectivity index (χ1) is 11.0. The van der Waals surface area contributed by atoms with E-state index in [1.165, 1.54) is 0 Å². The Labute approximate surface area is 139 Å². The number of halogens is 1. The van der Waals surface area contributed by atoms with Crippen LogP contribution in [0.5, 0.6) is 0 Å². The Morgan fingerprint density at radius 1 is 1.17 bits per heavy atom. The lowest BCUT2D eigenvalue weighted by Crippen LogP contribution is -2.26. The first-order valence-electron chi connectivity index (χ1n) is 7.57. The summed E-state index contributed by atoms with van der Waals surface area (Å²) in [5.74, 6) is 0.861. The van der Waals surface area contributed by atoms with Crippen molar-refractivity contribution in [2.45, 2.75) is 20.4 Å². The zero-order chi connectivity index (χ0) is 16.4. The van der Waals surface area contributed by atoms with Crippen molar-refractivity contribution in [2.75, 3.05) is 5.32 Å². The minimum atomic E-state index is -0.0335. The zero-order valence-electron chi connectivity index (χ0n) is 13.1. The molecule has 0 radical (unpaired) electrons. The number of fused-ring (bicyclic) bond motifs is 1. The van der Waals surface area contributed by atoms with Crippen LogP contribution < -0.4 is 10.9 Å². The highest BCUT2D eigenvalue weighted by atomic mass is 35.5. The van der Waals surface area contributed by atoms with E-state index in [1.54, 1.807) is 4.57 Å². The molecule has 0 atom stereocenters. The van der Waals surface area contributed by atoms with E-state index in [0.717, 1.165) is 5.69 Å². The van der Waals surface area contributed by atoms with Gasteiger partial charge < -0.3 is 5.32 Å². The van der Waals surface area contributed by atoms with Crippen LogP contribution in [0.25, 0.3) is 10.9 Å². The molecule has 5 heteroatoms. The van der Waals surface area contributed by atoms with Gasteiger partial charge in [-0.25, -0.2) is 4.98 Å². The van der Waals surface area contributed by atoms with E-state index in [2.05, 4.69) is 24.1 Å². The molecule has 0 bridgehead atoms. The second-order valence-corrected chi connectivity index (χ2v) is 6.33. The molecule has 0 unspecified atom stereocenters. The van der Waals surface area contributed by atoms with Crippen LogP contribution in [0, 0.1) is 5.92 Å². The third-order valence-electron chi connectivity index (χ3n) is 3.49. The molecule has 3 rings (SSSR count). The monoisotopic (exact) mass is 327 g/mol. The normalized spacial score (nSPS) is 11.1. The van der Waals surface area contributed by atoms with Crippen molar-refractivity contribution in [3.63, 3.8) is 0 Å². The van der Waals surface area contributed by atoms with Crippen LogP contribution in [0.2, 0.25) is 5.02 Å². The number of hydrogen-bond donors (Lipinski definition) is 1. The van der Waals surface area contributed by atoms with Crippen LogP contribution in [0.15, 0.2) is 53.3 Å². The van der Waals surface area contributed by atoms with Crippen molar-refractivity contribution in [1.29, 1.82) is 0 Å². The van der Waals surface area contributed by atoms with Crippen molar-refractivity contribution in [2.24, 2.45) is 5.92 Å². The number of benzene rings is 2. The summed E-state index contributed by atoms with van der Waals surface area (Å²) in [6.45, 7) is 4.75. The molecule has 1 aromatic heterocycles. The molecular formula is C18H18ClN3O. The van der Waals surface area contributed by atoms with Gasteiger partial charge in [0.15, 0.2) is 0 Å². The van der Waals surface area contributed by atoms with Gasteiger partial charge in [0, 0.05) is 17.3 Å². The largest absolute Gasteiger partial charge is 0.325 e. The number of anilines is 2. The van der Waals surface area contributed by atoms with Crippen LogP contribution in [-0.2, 0) is 6.54 Å². The molecule has 3 aromatic rings. The van der Waals surface area contributed by atoms with E-state index in [-0.39, 0.29) is 5.56 Å². The quantitative estimate of drug-likeness (QED) is 0.770. The number of hydrogen-bond acceptors (Lipinski definition) is 3. The SMILES string of the molecule is CC(C)Cn1c(Nc2cccc(Cl)c2)nc2ccccc2c1=O. The van der Waals surface area contributed by atoms with Gasteiger partial charge in [-0.2, -0.15) is 0 Å². The van der Waals surface area contributed by atoms with Crippen molar-refractivity contribution >= 4 is 34.1 Å². The van der Waals surface area contributed by atoms with Crippen LogP contribution in [0.3, 0.4) is 0 Å². The molecule has 0 saturated heterocycles. The lowest BCUT2D eigenvalue weighted by atomic mass is 10.2. The summed E-state index contributed by atoms with van der Waals surface area (Å²) in [6, 6.07) is 14.8. The van der Waals surface area contributed by atoms with E-state index in [0.29, 0.717) is 34.3 Å². The molecule has 0 fully saturated rings. The molecule has 23 heavy (non-hydrogen) atoms. The molecule has 0 aliphatic rings. The van der Waals surface area contributed by atoms with Gasteiger partial charge in [0.05, 0.1) is 10.9 Å². The number of para-hydroxylation sites is 1. The Kier molecular flexibility index (Phi) is 4.35. The molecule has 118 valence electrons. The summed E-state index contributed by atoms with van der Waals surface area (Å²) in [7, 11) is 0. The highest BCUT2D eigenvalue weighted by Crippen LogP contribution is 2.20. The Bertz CT molecular complexity index is 902. The van der Waals surface area contributed by atoms with E-state index >= 15 is 0 Å². The topological polar surface area (TPSA) is 46.9 Å². The maximum atomic E-state index is 12.8. The molecule has 0 spiro atoms. The fourth-order valence-corrected chi connectivity index (χ4v) is 2.68. The fraction of sp³-hybridized carbons (Fsp3) is 0.222. The summed E-state index contributed by atoms with van der Waals surface area (Å²) >= 11 is 6.03. The average molecular weight is 328 g/mol. The summed E-state index contributed by atoms with van der Waals surface area (Å²) in [5, 5.41) is 4.48. The molecule has 0 aliphatic carbocycles. The smallest absolute Gasteiger partial charge is 0.262 e. The Morgan fingerprint density at radius 2 is 1.96 bits per heavy atom. The summed E-state index contributed by atoms with van der Waals surface area (Å²) in [5.41, 5.74) is 1.45. The number of nitrogens with zero attached hydrogens (tertiary/aromatic N) is 2. The van der Waals surface area contributed by atoms with E-state index in [9.17, 15) is 4.79 Å². The van der Waals surface area contributed by atoms with Crippen LogP contribution in [-0.4, -0.2) is 9.55 Å². The highest BCUT2D eigenvalue weighted by Gasteiger charge is 2.12. The van der Waals surface area contributed by atoms with Crippen LogP contribution in [0.4, 0.5) is 11.6 Å². The van der Waals surface area contributed by atoms with Crippen molar-refractivity contribution in [3.05, 3.63) is 63.9 Å². The van der Waals surface area contributed by atoms with Gasteiger partial charge in [0.2, 0.25) is 5.95 Å². The van der Waals surface area contributed by atoms with E-state index < -0.39 is 0 Å². The molecule has 2 aromatic carbocycles. The van der Waals surface area contributed by atoms with Crippen molar-refractivity contribution in [3.8, 4) is 0 Å². The minimum Gasteiger partial charge on any atom is -0.325 e. The van der Waals surface area contributed by atoms with E-state index in [4.69, 9.17) is 11.6 Å². The van der Waals surface area contributed by atoms with Crippen LogP contribution >= 0.6 is 11.6 Å². The molecule has 0 saturated carbocycles. The lowest BCUT2D eigenvalue weighted by Gasteiger charge is -2.16. The molecule has 4 nitrogen and oxygen atoms in total. The van der Waals surface area contributed by atoms with Crippen LogP contribution in [0.1, 0.15) is 13.8 Å². The Hall–Kier alpha value is -2.33. The molecular weight excluding hydrogens is 310 g/mol. The highest BCUT2D eigenvalue weighted by molar-refractivity contribution is 6.30. The number of rotatable bonds is 4. The Balaban J connectivity index is 2.15. The van der Waals surface area contributed by atoms with Gasteiger partial charge in [-0.1, -0.05) is 43.6 Å². The van der Waals surface area contributed by atoms with Crippen molar-refractivity contribution < 1.29 is 0 Å². The lowest BCUT2D eigenvalue weighted by molar-refractivity contribution is 0.514. The summed E-state index contributed by atoms with van der Waals surface area (Å²) < 4.78 is 1.69. The standard InChI is InChI=1S/C18H18ClN3O/c1-12(2)11-22-17(23)15-8-3-4-9-16(15)21-18(22)20-14-7-5-6-13(19)10-14/h3-10,12H,11H2,1-2H3,(H,20,21). The Morgan fingerprint density at radius 3 is 2.70 bits per heavy atom. The summed E-state index contributed by atoms with van der Waals surface area (Å²) in [6.07, 6.45) is 0. The van der Waals surface area contributed by atoms with Gasteiger partial charge in [-0.3, -0.25) is 9.36 Å². The second kappa shape index (κ2) is 6.42. The number of nitrogens with one attached hydrogen (secondary N) is 1. The van der Waals surface area contributed by atoms with Gasteiger partial charge in [0.25, 0.3) is 5.56 Å². The first kappa shape index (κ1) is 15.6. The third-order valence-corrected chi connectivity index (χ3v) is 3.73. The molecule has 0 amide bonds. The summed E-state index contributed by atoms with van der Waals surface area (Å²) in [4.78, 5) is 17.4. The average Bonchev–Trinajstić information content (AvgIpc) is 2.51. The molecule has 0 aliphatic heterocycles. The number of aromatic nitrogens is 2. The fourth-order valence-electron chi connectivity index (χ4n) is 2.49. The molecule has 1 N–H and O–H groups in total. The zero-order valence-corrected chi connectivity index (χ0v) is 13.8. The third kappa shape index (κ3) is 3.37. The predicted octanol–water partition coefficient (Wildman–Crippen LogP) is 4.45. The predicted molar refractivity (Wildman–Crippen MR) is 95.6 cm³/mol. The molecule has 1 heterocycles. The van der Waals surface area contributed by atoms with E-state index in [1.807, 2.05) is 48.5 Å². The minimum absolute atomic E-state index is 0.0335. The maximum Gasteiger partial charge on any atom is 0.262 e.